The Morgan fingerprint density at radius 2 is 1.67 bits per heavy atom. The second kappa shape index (κ2) is 4.77. The number of hydrogen-bond donors (Lipinski definition) is 0. The molecule has 21 heavy (non-hydrogen) atoms. The van der Waals surface area contributed by atoms with E-state index in [9.17, 15) is 9.59 Å². The minimum absolute atomic E-state index is 0.286. The third-order valence-electron chi connectivity index (χ3n) is 3.88. The average Bonchev–Trinajstić information content (AvgIpc) is 3.01. The largest absolute Gasteiger partial charge is 0.465 e. The number of rotatable bonds is 2. The molecule has 2 heterocycles. The van der Waals surface area contributed by atoms with Crippen LogP contribution in [-0.2, 0) is 15.9 Å². The van der Waals surface area contributed by atoms with Crippen molar-refractivity contribution in [1.29, 1.82) is 0 Å². The van der Waals surface area contributed by atoms with E-state index in [1.807, 2.05) is 35.8 Å². The molecule has 1 aromatic carbocycles. The van der Waals surface area contributed by atoms with Gasteiger partial charge in [-0.2, -0.15) is 0 Å². The van der Waals surface area contributed by atoms with E-state index in [-0.39, 0.29) is 5.56 Å². The van der Waals surface area contributed by atoms with Gasteiger partial charge in [0.25, 0.3) is 0 Å². The van der Waals surface area contributed by atoms with E-state index in [1.54, 1.807) is 0 Å². The van der Waals surface area contributed by atoms with Gasteiger partial charge >= 0.3 is 11.9 Å². The summed E-state index contributed by atoms with van der Waals surface area (Å²) >= 11 is 0. The van der Waals surface area contributed by atoms with Crippen molar-refractivity contribution in [2.75, 3.05) is 14.2 Å². The van der Waals surface area contributed by atoms with Gasteiger partial charge in [-0.3, -0.25) is 0 Å². The molecular formula is C16H15NO4. The highest BCUT2D eigenvalue weighted by atomic mass is 16.5. The van der Waals surface area contributed by atoms with Crippen LogP contribution in [0.15, 0.2) is 24.3 Å². The highest BCUT2D eigenvalue weighted by Crippen LogP contribution is 2.36. The van der Waals surface area contributed by atoms with Crippen LogP contribution in [0.5, 0.6) is 0 Å². The first-order valence-corrected chi connectivity index (χ1v) is 6.59. The molecule has 0 atom stereocenters. The Morgan fingerprint density at radius 1 is 1.05 bits per heavy atom. The minimum Gasteiger partial charge on any atom is -0.465 e. The minimum atomic E-state index is -0.521. The molecule has 0 bridgehead atoms. The number of nitrogens with zero attached hydrogens (tertiary/aromatic N) is 1. The van der Waals surface area contributed by atoms with Gasteiger partial charge in [0.15, 0.2) is 0 Å². The molecule has 1 aromatic heterocycles. The number of hydrogen-bond acceptors (Lipinski definition) is 4. The normalized spacial score (nSPS) is 11.8. The van der Waals surface area contributed by atoms with Crippen LogP contribution in [0.1, 0.15) is 37.7 Å². The van der Waals surface area contributed by atoms with E-state index < -0.39 is 11.9 Å². The van der Waals surface area contributed by atoms with E-state index >= 15 is 0 Å². The van der Waals surface area contributed by atoms with Crippen molar-refractivity contribution in [1.82, 2.24) is 4.57 Å². The molecule has 108 valence electrons. The second-order valence-electron chi connectivity index (χ2n) is 4.91. The molecule has 0 aliphatic carbocycles. The second-order valence-corrected chi connectivity index (χ2v) is 4.91. The van der Waals surface area contributed by atoms with Crippen LogP contribution in [-0.4, -0.2) is 30.7 Å². The van der Waals surface area contributed by atoms with Gasteiger partial charge in [0.1, 0.15) is 0 Å². The van der Waals surface area contributed by atoms with Gasteiger partial charge < -0.3 is 14.0 Å². The van der Waals surface area contributed by atoms with E-state index in [0.29, 0.717) is 17.7 Å². The third-order valence-corrected chi connectivity index (χ3v) is 3.88. The quantitative estimate of drug-likeness (QED) is 0.678. The van der Waals surface area contributed by atoms with E-state index in [4.69, 9.17) is 9.47 Å². The molecule has 0 fully saturated rings. The van der Waals surface area contributed by atoms with Gasteiger partial charge in [-0.25, -0.2) is 9.59 Å². The molecule has 0 saturated heterocycles. The van der Waals surface area contributed by atoms with E-state index in [2.05, 4.69) is 0 Å². The number of carbonyl (C=O) groups is 2. The van der Waals surface area contributed by atoms with Crippen LogP contribution in [0, 0.1) is 6.92 Å². The fourth-order valence-corrected chi connectivity index (χ4v) is 2.98. The molecule has 0 unspecified atom stereocenters. The van der Waals surface area contributed by atoms with Gasteiger partial charge in [-0.05, 0) is 18.6 Å². The Bertz CT molecular complexity index is 758. The molecule has 0 radical (unpaired) electrons. The standard InChI is InChI=1S/C16H15NO4/c1-9-13(15(18)20-2)14(16(19)21-3)12-8-10-6-4-5-7-11(10)17(9)12/h4-7H,8H2,1-3H3. The van der Waals surface area contributed by atoms with Crippen molar-refractivity contribution in [2.24, 2.45) is 0 Å². The molecular weight excluding hydrogens is 270 g/mol. The maximum atomic E-state index is 12.1. The Balaban J connectivity index is 2.32. The number of ether oxygens (including phenoxy) is 2. The first-order chi connectivity index (χ1) is 10.1. The zero-order valence-corrected chi connectivity index (χ0v) is 12.1. The van der Waals surface area contributed by atoms with E-state index in [1.165, 1.54) is 14.2 Å². The highest BCUT2D eigenvalue weighted by molar-refractivity contribution is 6.06. The van der Waals surface area contributed by atoms with Crippen molar-refractivity contribution in [3.8, 4) is 5.69 Å². The molecule has 0 saturated carbocycles. The summed E-state index contributed by atoms with van der Waals surface area (Å²) in [5.41, 5.74) is 4.18. The van der Waals surface area contributed by atoms with Gasteiger partial charge in [-0.1, -0.05) is 18.2 Å². The lowest BCUT2D eigenvalue weighted by Gasteiger charge is -2.06. The topological polar surface area (TPSA) is 57.5 Å². The van der Waals surface area contributed by atoms with Crippen LogP contribution in [0.2, 0.25) is 0 Å². The molecule has 0 amide bonds. The summed E-state index contributed by atoms with van der Waals surface area (Å²) in [4.78, 5) is 24.2. The van der Waals surface area contributed by atoms with Crippen LogP contribution in [0.4, 0.5) is 0 Å². The summed E-state index contributed by atoms with van der Waals surface area (Å²) in [7, 11) is 2.62. The Morgan fingerprint density at radius 3 is 2.33 bits per heavy atom. The van der Waals surface area contributed by atoms with Crippen LogP contribution in [0.3, 0.4) is 0 Å². The number of esters is 2. The first kappa shape index (κ1) is 13.4. The Labute approximate surface area is 122 Å². The van der Waals surface area contributed by atoms with Crippen molar-refractivity contribution < 1.29 is 19.1 Å². The Hall–Kier alpha value is -2.56. The molecule has 5 heteroatoms. The summed E-state index contributed by atoms with van der Waals surface area (Å²) in [6.07, 6.45) is 0.596. The molecule has 1 aliphatic rings. The Kier molecular flexibility index (Phi) is 3.05. The van der Waals surface area contributed by atoms with Gasteiger partial charge in [0, 0.05) is 23.5 Å². The molecule has 3 rings (SSSR count). The first-order valence-electron chi connectivity index (χ1n) is 6.59. The fourth-order valence-electron chi connectivity index (χ4n) is 2.98. The lowest BCUT2D eigenvalue weighted by Crippen LogP contribution is -2.12. The monoisotopic (exact) mass is 285 g/mol. The summed E-state index contributed by atoms with van der Waals surface area (Å²) in [6.45, 7) is 1.81. The van der Waals surface area contributed by atoms with Gasteiger partial charge in [0.2, 0.25) is 0 Å². The zero-order valence-electron chi connectivity index (χ0n) is 12.1. The summed E-state index contributed by atoms with van der Waals surface area (Å²) in [5.74, 6) is -1.03. The summed E-state index contributed by atoms with van der Waals surface area (Å²) in [6, 6.07) is 7.88. The van der Waals surface area contributed by atoms with Crippen molar-refractivity contribution >= 4 is 11.9 Å². The van der Waals surface area contributed by atoms with Crippen LogP contribution < -0.4 is 0 Å². The molecule has 2 aromatic rings. The van der Waals surface area contributed by atoms with E-state index in [0.717, 1.165) is 16.9 Å². The number of aromatic nitrogens is 1. The molecule has 1 aliphatic heterocycles. The van der Waals surface area contributed by atoms with Crippen molar-refractivity contribution in [3.63, 3.8) is 0 Å². The van der Waals surface area contributed by atoms with Gasteiger partial charge in [-0.15, -0.1) is 0 Å². The number of para-hydroxylation sites is 1. The SMILES string of the molecule is COC(=O)c1c(C(=O)OC)c2n(c1C)-c1ccccc1C2. The number of carbonyl (C=O) groups excluding carboxylic acids is 2. The number of methoxy groups -OCH3 is 2. The highest BCUT2D eigenvalue weighted by Gasteiger charge is 2.34. The predicted molar refractivity (Wildman–Crippen MR) is 76.0 cm³/mol. The lowest BCUT2D eigenvalue weighted by atomic mass is 10.0. The molecule has 5 nitrogen and oxygen atoms in total. The zero-order chi connectivity index (χ0) is 15.1. The maximum Gasteiger partial charge on any atom is 0.340 e. The summed E-state index contributed by atoms with van der Waals surface area (Å²) < 4.78 is 11.6. The maximum absolute atomic E-state index is 12.1. The molecule has 0 N–H and O–H groups in total. The van der Waals surface area contributed by atoms with Gasteiger partial charge in [0.05, 0.1) is 25.3 Å². The van der Waals surface area contributed by atoms with Crippen LogP contribution in [0.25, 0.3) is 5.69 Å². The number of benzene rings is 1. The van der Waals surface area contributed by atoms with Crippen molar-refractivity contribution in [3.05, 3.63) is 52.3 Å². The molecule has 0 spiro atoms. The predicted octanol–water partition coefficient (Wildman–Crippen LogP) is 2.26. The average molecular weight is 285 g/mol. The smallest absolute Gasteiger partial charge is 0.340 e. The summed E-state index contributed by atoms with van der Waals surface area (Å²) in [5, 5.41) is 0. The van der Waals surface area contributed by atoms with Crippen LogP contribution >= 0.6 is 0 Å². The van der Waals surface area contributed by atoms with Crippen molar-refractivity contribution in [2.45, 2.75) is 13.3 Å². The number of fused-ring (bicyclic) bond motifs is 3. The fraction of sp³-hybridized carbons (Fsp3) is 0.250. The lowest BCUT2D eigenvalue weighted by molar-refractivity contribution is 0.0555. The third kappa shape index (κ3) is 1.77.